The van der Waals surface area contributed by atoms with Crippen LogP contribution in [0.15, 0.2) is 36.4 Å². The Morgan fingerprint density at radius 1 is 1.24 bits per heavy atom. The number of benzene rings is 2. The fourth-order valence-corrected chi connectivity index (χ4v) is 2.06. The highest BCUT2D eigenvalue weighted by Gasteiger charge is 2.10. The SMILES string of the molecule is Cc1ccccc1CNc1cc(OC(C)C)c(F)cc1N. The zero-order valence-electron chi connectivity index (χ0n) is 12.6. The Morgan fingerprint density at radius 2 is 1.95 bits per heavy atom. The average molecular weight is 288 g/mol. The number of nitrogen functional groups attached to an aromatic ring is 1. The van der Waals surface area contributed by atoms with Crippen LogP contribution >= 0.6 is 0 Å². The van der Waals surface area contributed by atoms with E-state index in [0.29, 0.717) is 17.9 Å². The molecular weight excluding hydrogens is 267 g/mol. The Balaban J connectivity index is 2.18. The van der Waals surface area contributed by atoms with Crippen molar-refractivity contribution in [3.63, 3.8) is 0 Å². The van der Waals surface area contributed by atoms with E-state index in [0.717, 1.165) is 0 Å². The van der Waals surface area contributed by atoms with Gasteiger partial charge in [0.1, 0.15) is 0 Å². The lowest BCUT2D eigenvalue weighted by molar-refractivity contribution is 0.231. The molecule has 0 saturated carbocycles. The van der Waals surface area contributed by atoms with Crippen molar-refractivity contribution in [2.45, 2.75) is 33.4 Å². The normalized spacial score (nSPS) is 10.7. The summed E-state index contributed by atoms with van der Waals surface area (Å²) in [6, 6.07) is 11.0. The van der Waals surface area contributed by atoms with Gasteiger partial charge in [0.15, 0.2) is 11.6 Å². The van der Waals surface area contributed by atoms with E-state index in [2.05, 4.69) is 18.3 Å². The second-order valence-corrected chi connectivity index (χ2v) is 5.32. The lowest BCUT2D eigenvalue weighted by atomic mass is 10.1. The average Bonchev–Trinajstić information content (AvgIpc) is 2.41. The Hall–Kier alpha value is -2.23. The Bertz CT molecular complexity index is 626. The van der Waals surface area contributed by atoms with Gasteiger partial charge in [0.05, 0.1) is 17.5 Å². The van der Waals surface area contributed by atoms with Crippen LogP contribution in [-0.2, 0) is 6.54 Å². The maximum atomic E-state index is 13.8. The minimum Gasteiger partial charge on any atom is -0.488 e. The summed E-state index contributed by atoms with van der Waals surface area (Å²) in [5, 5.41) is 3.24. The first-order chi connectivity index (χ1) is 9.97. The van der Waals surface area contributed by atoms with Gasteiger partial charge in [-0.3, -0.25) is 0 Å². The summed E-state index contributed by atoms with van der Waals surface area (Å²) in [5.74, 6) is -0.228. The number of hydrogen-bond acceptors (Lipinski definition) is 3. The third-order valence-electron chi connectivity index (χ3n) is 3.20. The number of ether oxygens (including phenoxy) is 1. The van der Waals surface area contributed by atoms with Crippen LogP contribution in [0.3, 0.4) is 0 Å². The Kier molecular flexibility index (Phi) is 4.68. The van der Waals surface area contributed by atoms with Gasteiger partial charge in [0.2, 0.25) is 0 Å². The molecule has 0 aromatic heterocycles. The van der Waals surface area contributed by atoms with Crippen molar-refractivity contribution in [3.8, 4) is 5.75 Å². The second-order valence-electron chi connectivity index (χ2n) is 5.32. The molecule has 3 N–H and O–H groups in total. The molecule has 0 radical (unpaired) electrons. The molecule has 0 saturated heterocycles. The van der Waals surface area contributed by atoms with E-state index in [4.69, 9.17) is 10.5 Å². The first-order valence-corrected chi connectivity index (χ1v) is 7.01. The van der Waals surface area contributed by atoms with E-state index in [1.807, 2.05) is 32.0 Å². The van der Waals surface area contributed by atoms with E-state index >= 15 is 0 Å². The fraction of sp³-hybridized carbons (Fsp3) is 0.294. The monoisotopic (exact) mass is 288 g/mol. The van der Waals surface area contributed by atoms with E-state index < -0.39 is 5.82 Å². The molecule has 2 aromatic carbocycles. The number of hydrogen-bond donors (Lipinski definition) is 2. The molecule has 0 amide bonds. The molecule has 0 aliphatic heterocycles. The molecule has 0 atom stereocenters. The van der Waals surface area contributed by atoms with Crippen molar-refractivity contribution in [1.29, 1.82) is 0 Å². The molecular formula is C17H21FN2O. The predicted octanol–water partition coefficient (Wildman–Crippen LogP) is 4.12. The van der Waals surface area contributed by atoms with Crippen LogP contribution in [0.4, 0.5) is 15.8 Å². The maximum Gasteiger partial charge on any atom is 0.167 e. The third-order valence-corrected chi connectivity index (χ3v) is 3.20. The van der Waals surface area contributed by atoms with Crippen LogP contribution in [0.5, 0.6) is 5.75 Å². The smallest absolute Gasteiger partial charge is 0.167 e. The van der Waals surface area contributed by atoms with Gasteiger partial charge in [-0.15, -0.1) is 0 Å². The first kappa shape index (κ1) is 15.2. The quantitative estimate of drug-likeness (QED) is 0.814. The topological polar surface area (TPSA) is 47.3 Å². The highest BCUT2D eigenvalue weighted by atomic mass is 19.1. The summed E-state index contributed by atoms with van der Waals surface area (Å²) in [6.07, 6.45) is -0.0904. The molecule has 0 heterocycles. The predicted molar refractivity (Wildman–Crippen MR) is 85.1 cm³/mol. The number of aryl methyl sites for hydroxylation is 1. The van der Waals surface area contributed by atoms with Crippen LogP contribution in [0.1, 0.15) is 25.0 Å². The zero-order chi connectivity index (χ0) is 15.4. The van der Waals surface area contributed by atoms with Gasteiger partial charge in [0, 0.05) is 18.7 Å². The van der Waals surface area contributed by atoms with Crippen LogP contribution in [0, 0.1) is 12.7 Å². The number of nitrogens with one attached hydrogen (secondary N) is 1. The molecule has 0 unspecified atom stereocenters. The third kappa shape index (κ3) is 3.88. The van der Waals surface area contributed by atoms with Crippen molar-refractivity contribution in [1.82, 2.24) is 0 Å². The summed E-state index contributed by atoms with van der Waals surface area (Å²) >= 11 is 0. The van der Waals surface area contributed by atoms with Gasteiger partial charge in [-0.2, -0.15) is 0 Å². The van der Waals surface area contributed by atoms with Crippen molar-refractivity contribution in [3.05, 3.63) is 53.3 Å². The molecule has 2 rings (SSSR count). The van der Waals surface area contributed by atoms with Gasteiger partial charge >= 0.3 is 0 Å². The van der Waals surface area contributed by atoms with Crippen molar-refractivity contribution >= 4 is 11.4 Å². The minimum absolute atomic E-state index is 0.0904. The van der Waals surface area contributed by atoms with E-state index in [1.165, 1.54) is 17.2 Å². The van der Waals surface area contributed by atoms with Crippen LogP contribution in [-0.4, -0.2) is 6.10 Å². The standard InChI is InChI=1S/C17H21FN2O/c1-11(2)21-17-9-16(15(19)8-14(17)18)20-10-13-7-5-4-6-12(13)3/h4-9,11,20H,10,19H2,1-3H3. The molecule has 0 fully saturated rings. The van der Waals surface area contributed by atoms with Gasteiger partial charge in [-0.25, -0.2) is 4.39 Å². The summed E-state index contributed by atoms with van der Waals surface area (Å²) in [4.78, 5) is 0. The van der Waals surface area contributed by atoms with Crippen molar-refractivity contribution < 1.29 is 9.13 Å². The van der Waals surface area contributed by atoms with Crippen LogP contribution in [0.25, 0.3) is 0 Å². The summed E-state index contributed by atoms with van der Waals surface area (Å²) < 4.78 is 19.2. The molecule has 3 nitrogen and oxygen atoms in total. The number of nitrogens with two attached hydrogens (primary N) is 1. The first-order valence-electron chi connectivity index (χ1n) is 7.01. The highest BCUT2D eigenvalue weighted by molar-refractivity contribution is 5.68. The van der Waals surface area contributed by atoms with E-state index in [-0.39, 0.29) is 11.9 Å². The van der Waals surface area contributed by atoms with Gasteiger partial charge in [-0.05, 0) is 31.9 Å². The molecule has 0 bridgehead atoms. The second kappa shape index (κ2) is 6.48. The van der Waals surface area contributed by atoms with Gasteiger partial charge in [0.25, 0.3) is 0 Å². The fourth-order valence-electron chi connectivity index (χ4n) is 2.06. The lowest BCUT2D eigenvalue weighted by Gasteiger charge is -2.15. The maximum absolute atomic E-state index is 13.8. The summed E-state index contributed by atoms with van der Waals surface area (Å²) in [7, 11) is 0. The number of halogens is 1. The molecule has 2 aromatic rings. The molecule has 4 heteroatoms. The Morgan fingerprint density at radius 3 is 2.62 bits per heavy atom. The molecule has 21 heavy (non-hydrogen) atoms. The summed E-state index contributed by atoms with van der Waals surface area (Å²) in [6.45, 7) is 6.40. The summed E-state index contributed by atoms with van der Waals surface area (Å²) in [5.41, 5.74) is 9.29. The number of anilines is 2. The minimum atomic E-state index is -0.442. The van der Waals surface area contributed by atoms with E-state index in [1.54, 1.807) is 6.07 Å². The van der Waals surface area contributed by atoms with Gasteiger partial charge < -0.3 is 15.8 Å². The molecule has 0 aliphatic carbocycles. The molecule has 0 aliphatic rings. The zero-order valence-corrected chi connectivity index (χ0v) is 12.6. The van der Waals surface area contributed by atoms with Crippen molar-refractivity contribution in [2.75, 3.05) is 11.1 Å². The largest absolute Gasteiger partial charge is 0.488 e. The Labute approximate surface area is 124 Å². The van der Waals surface area contributed by atoms with E-state index in [9.17, 15) is 4.39 Å². The molecule has 0 spiro atoms. The van der Waals surface area contributed by atoms with Crippen LogP contribution in [0.2, 0.25) is 0 Å². The number of rotatable bonds is 5. The van der Waals surface area contributed by atoms with Gasteiger partial charge in [-0.1, -0.05) is 24.3 Å². The molecule has 112 valence electrons. The van der Waals surface area contributed by atoms with Crippen molar-refractivity contribution in [2.24, 2.45) is 0 Å². The highest BCUT2D eigenvalue weighted by Crippen LogP contribution is 2.29. The lowest BCUT2D eigenvalue weighted by Crippen LogP contribution is -2.09. The van der Waals surface area contributed by atoms with Crippen LogP contribution < -0.4 is 15.8 Å².